The summed E-state index contributed by atoms with van der Waals surface area (Å²) < 4.78 is 60.6. The number of hydrogen-bond donors (Lipinski definition) is 0. The van der Waals surface area contributed by atoms with Crippen LogP contribution in [0.4, 0.5) is 19.0 Å². The molecule has 4 aromatic heterocycles. The van der Waals surface area contributed by atoms with Gasteiger partial charge in [0.1, 0.15) is 5.65 Å². The Kier molecular flexibility index (Phi) is 4.10. The lowest BCUT2D eigenvalue weighted by Crippen LogP contribution is -2.04. The molecule has 0 aliphatic rings. The zero-order valence-corrected chi connectivity index (χ0v) is 14.8. The predicted octanol–water partition coefficient (Wildman–Crippen LogP) is 2.98. The third-order valence-corrected chi connectivity index (χ3v) is 5.29. The van der Waals surface area contributed by atoms with Crippen LogP contribution in [0.25, 0.3) is 17.0 Å². The van der Waals surface area contributed by atoms with Crippen LogP contribution >= 0.6 is 0 Å². The summed E-state index contributed by atoms with van der Waals surface area (Å²) in [5.41, 5.74) is 0.636. The van der Waals surface area contributed by atoms with E-state index in [9.17, 15) is 17.4 Å². The molecule has 9 nitrogen and oxygen atoms in total. The summed E-state index contributed by atoms with van der Waals surface area (Å²) >= 11 is 0. The van der Waals surface area contributed by atoms with Gasteiger partial charge in [-0.05, 0) is 18.2 Å². The molecule has 0 spiro atoms. The molecule has 0 fully saturated rings. The molecular formula is C15H10F3N7O2S. The second-order valence-corrected chi connectivity index (χ2v) is 7.93. The number of halogens is 3. The molecule has 0 saturated carbocycles. The van der Waals surface area contributed by atoms with Crippen LogP contribution in [0.3, 0.4) is 0 Å². The van der Waals surface area contributed by atoms with Crippen molar-refractivity contribution in [2.75, 3.05) is 6.26 Å². The average Bonchev–Trinajstić information content (AvgIpc) is 3.27. The Morgan fingerprint density at radius 2 is 2.04 bits per heavy atom. The molecule has 4 rings (SSSR count). The van der Waals surface area contributed by atoms with Gasteiger partial charge in [-0.25, -0.2) is 9.19 Å². The van der Waals surface area contributed by atoms with Gasteiger partial charge in [-0.2, -0.15) is 32.7 Å². The van der Waals surface area contributed by atoms with Gasteiger partial charge in [0.2, 0.25) is 5.82 Å². The molecule has 144 valence electrons. The number of imidazole rings is 1. The normalized spacial score (nSPS) is 14.1. The first-order valence-corrected chi connectivity index (χ1v) is 9.54. The van der Waals surface area contributed by atoms with Crippen molar-refractivity contribution in [1.29, 1.82) is 0 Å². The Morgan fingerprint density at radius 3 is 2.71 bits per heavy atom. The number of pyridine rings is 1. The summed E-state index contributed by atoms with van der Waals surface area (Å²) in [5.74, 6) is -1.47. The first-order chi connectivity index (χ1) is 13.2. The molecule has 0 aromatic carbocycles. The van der Waals surface area contributed by atoms with E-state index >= 15 is 0 Å². The van der Waals surface area contributed by atoms with Crippen molar-refractivity contribution in [3.8, 4) is 11.4 Å². The van der Waals surface area contributed by atoms with Crippen molar-refractivity contribution in [2.45, 2.75) is 11.1 Å². The SMILES string of the molecule is CS(=O)(=Nc1cn2ccc(-c3noc(C(F)(F)F)n3)cc2n1)c1ccnnc1. The van der Waals surface area contributed by atoms with Crippen LogP contribution in [0.15, 0.2) is 56.8 Å². The number of hydrogen-bond acceptors (Lipinski definition) is 8. The lowest BCUT2D eigenvalue weighted by molar-refractivity contribution is -0.159. The fourth-order valence-corrected chi connectivity index (χ4v) is 3.45. The molecule has 0 saturated heterocycles. The van der Waals surface area contributed by atoms with E-state index in [-0.39, 0.29) is 17.2 Å². The zero-order chi connectivity index (χ0) is 19.9. The highest BCUT2D eigenvalue weighted by Gasteiger charge is 2.38. The molecule has 4 heterocycles. The summed E-state index contributed by atoms with van der Waals surface area (Å²) in [6, 6.07) is 4.51. The van der Waals surface area contributed by atoms with Gasteiger partial charge in [-0.1, -0.05) is 5.16 Å². The molecule has 0 radical (unpaired) electrons. The molecule has 0 aliphatic heterocycles. The van der Waals surface area contributed by atoms with Crippen LogP contribution in [-0.4, -0.2) is 40.2 Å². The minimum absolute atomic E-state index is 0.186. The monoisotopic (exact) mass is 409 g/mol. The van der Waals surface area contributed by atoms with Gasteiger partial charge in [0.15, 0.2) is 5.82 Å². The van der Waals surface area contributed by atoms with Gasteiger partial charge in [-0.15, -0.1) is 0 Å². The van der Waals surface area contributed by atoms with E-state index < -0.39 is 21.8 Å². The minimum atomic E-state index is -4.72. The van der Waals surface area contributed by atoms with Crippen LogP contribution in [0.1, 0.15) is 5.89 Å². The van der Waals surface area contributed by atoms with Crippen molar-refractivity contribution in [2.24, 2.45) is 4.36 Å². The Balaban J connectivity index is 1.72. The highest BCUT2D eigenvalue weighted by Crippen LogP contribution is 2.29. The quantitative estimate of drug-likeness (QED) is 0.511. The smallest absolute Gasteiger partial charge is 0.329 e. The second-order valence-electron chi connectivity index (χ2n) is 5.67. The molecule has 1 atom stereocenters. The second kappa shape index (κ2) is 6.37. The third kappa shape index (κ3) is 3.43. The highest BCUT2D eigenvalue weighted by molar-refractivity contribution is 7.93. The van der Waals surface area contributed by atoms with Gasteiger partial charge in [-0.3, -0.25) is 0 Å². The third-order valence-electron chi connectivity index (χ3n) is 3.64. The summed E-state index contributed by atoms with van der Waals surface area (Å²) in [7, 11) is -2.80. The van der Waals surface area contributed by atoms with E-state index in [0.717, 1.165) is 0 Å². The Bertz CT molecular complexity index is 1270. The summed E-state index contributed by atoms with van der Waals surface area (Å²) in [6.07, 6.45) is 2.56. The zero-order valence-electron chi connectivity index (χ0n) is 14.0. The molecule has 0 aliphatic carbocycles. The molecule has 4 aromatic rings. The van der Waals surface area contributed by atoms with Crippen LogP contribution in [0.2, 0.25) is 0 Å². The van der Waals surface area contributed by atoms with E-state index in [1.807, 2.05) is 0 Å². The topological polar surface area (TPSA) is 111 Å². The fourth-order valence-electron chi connectivity index (χ4n) is 2.34. The van der Waals surface area contributed by atoms with Gasteiger partial charge < -0.3 is 8.92 Å². The van der Waals surface area contributed by atoms with E-state index in [2.05, 4.69) is 34.2 Å². The van der Waals surface area contributed by atoms with E-state index in [1.165, 1.54) is 37.0 Å². The number of alkyl halides is 3. The van der Waals surface area contributed by atoms with E-state index in [0.29, 0.717) is 10.5 Å². The minimum Gasteiger partial charge on any atom is -0.329 e. The summed E-state index contributed by atoms with van der Waals surface area (Å²) in [6.45, 7) is 0. The Morgan fingerprint density at radius 1 is 1.21 bits per heavy atom. The molecular weight excluding hydrogens is 399 g/mol. The lowest BCUT2D eigenvalue weighted by atomic mass is 10.2. The largest absolute Gasteiger partial charge is 0.471 e. The van der Waals surface area contributed by atoms with Crippen molar-refractivity contribution in [3.63, 3.8) is 0 Å². The van der Waals surface area contributed by atoms with Crippen molar-refractivity contribution < 1.29 is 21.9 Å². The molecule has 13 heteroatoms. The van der Waals surface area contributed by atoms with Gasteiger partial charge in [0.25, 0.3) is 0 Å². The number of fused-ring (bicyclic) bond motifs is 1. The fraction of sp³-hybridized carbons (Fsp3) is 0.133. The summed E-state index contributed by atoms with van der Waals surface area (Å²) in [5, 5.41) is 10.7. The van der Waals surface area contributed by atoms with Crippen LogP contribution in [-0.2, 0) is 15.9 Å². The van der Waals surface area contributed by atoms with Gasteiger partial charge >= 0.3 is 12.1 Å². The van der Waals surface area contributed by atoms with Crippen LogP contribution in [0.5, 0.6) is 0 Å². The predicted molar refractivity (Wildman–Crippen MR) is 89.9 cm³/mol. The lowest BCUT2D eigenvalue weighted by Gasteiger charge is -2.00. The number of aromatic nitrogens is 6. The highest BCUT2D eigenvalue weighted by atomic mass is 32.2. The maximum Gasteiger partial charge on any atom is 0.471 e. The van der Waals surface area contributed by atoms with E-state index in [1.54, 1.807) is 16.7 Å². The average molecular weight is 409 g/mol. The van der Waals surface area contributed by atoms with E-state index in [4.69, 9.17) is 0 Å². The first kappa shape index (κ1) is 18.0. The summed E-state index contributed by atoms with van der Waals surface area (Å²) in [4.78, 5) is 7.98. The van der Waals surface area contributed by atoms with Crippen LogP contribution in [0, 0.1) is 0 Å². The molecule has 28 heavy (non-hydrogen) atoms. The maximum atomic E-state index is 12.8. The molecule has 0 amide bonds. The van der Waals surface area contributed by atoms with Gasteiger partial charge in [0, 0.05) is 18.0 Å². The first-order valence-electron chi connectivity index (χ1n) is 7.61. The van der Waals surface area contributed by atoms with Crippen LogP contribution < -0.4 is 0 Å². The Hall–Kier alpha value is -3.35. The van der Waals surface area contributed by atoms with Crippen molar-refractivity contribution in [1.82, 2.24) is 29.7 Å². The van der Waals surface area contributed by atoms with Gasteiger partial charge in [0.05, 0.1) is 33.2 Å². The number of nitrogens with zero attached hydrogens (tertiary/aromatic N) is 7. The van der Waals surface area contributed by atoms with Crippen molar-refractivity contribution >= 4 is 21.2 Å². The molecule has 0 N–H and O–H groups in total. The maximum absolute atomic E-state index is 12.8. The standard InChI is InChI=1S/C15H10F3N7O2S/c1-28(26,10-2-4-19-20-7-10)24-11-8-25-5-3-9(6-12(25)21-11)13-22-14(27-23-13)15(16,17)18/h2-8H,1H3. The Labute approximate surface area is 155 Å². The molecule has 0 bridgehead atoms. The molecule has 1 unspecified atom stereocenters. The van der Waals surface area contributed by atoms with Crippen molar-refractivity contribution in [3.05, 3.63) is 48.9 Å². The number of rotatable bonds is 3.